The molecule has 2 rings (SSSR count). The van der Waals surface area contributed by atoms with Crippen molar-refractivity contribution in [1.82, 2.24) is 9.97 Å². The van der Waals surface area contributed by atoms with Crippen molar-refractivity contribution in [2.24, 2.45) is 0 Å². The Morgan fingerprint density at radius 1 is 1.43 bits per heavy atom. The summed E-state index contributed by atoms with van der Waals surface area (Å²) in [5.74, 6) is -0.234. The van der Waals surface area contributed by atoms with E-state index in [1.807, 2.05) is 6.07 Å². The van der Waals surface area contributed by atoms with E-state index in [4.69, 9.17) is 4.74 Å². The number of aromatic amines is 1. The molecule has 0 aliphatic carbocycles. The molecule has 0 spiro atoms. The lowest BCUT2D eigenvalue weighted by Crippen LogP contribution is -2.15. The van der Waals surface area contributed by atoms with Gasteiger partial charge in [0.05, 0.1) is 0 Å². The lowest BCUT2D eigenvalue weighted by molar-refractivity contribution is -0.131. The molecule has 2 aromatic rings. The van der Waals surface area contributed by atoms with Crippen LogP contribution < -0.4 is 10.3 Å². The number of esters is 1. The van der Waals surface area contributed by atoms with Crippen molar-refractivity contribution >= 4 is 17.7 Å². The van der Waals surface area contributed by atoms with Crippen LogP contribution in [0.4, 0.5) is 0 Å². The fourth-order valence-electron chi connectivity index (χ4n) is 1.75. The predicted octanol–water partition coefficient (Wildman–Crippen LogP) is 1.96. The molecular weight excluding hydrogens is 290 g/mol. The first-order valence-electron chi connectivity index (χ1n) is 5.93. The van der Waals surface area contributed by atoms with E-state index in [9.17, 15) is 14.9 Å². The normalized spacial score (nSPS) is 9.95. The van der Waals surface area contributed by atoms with Crippen LogP contribution >= 0.6 is 11.8 Å². The molecule has 1 aromatic carbocycles. The number of hydrogen-bond acceptors (Lipinski definition) is 6. The molecule has 0 bridgehead atoms. The molecule has 0 unspecified atom stereocenters. The summed E-state index contributed by atoms with van der Waals surface area (Å²) in [5, 5.41) is 9.55. The molecule has 0 fully saturated rings. The number of carbonyl (C=O) groups is 1. The smallest absolute Gasteiger partial charge is 0.308 e. The van der Waals surface area contributed by atoms with E-state index in [0.717, 1.165) is 0 Å². The summed E-state index contributed by atoms with van der Waals surface area (Å²) in [6.45, 7) is 1.28. The van der Waals surface area contributed by atoms with Crippen molar-refractivity contribution in [1.29, 1.82) is 5.26 Å². The van der Waals surface area contributed by atoms with Crippen LogP contribution in [0.1, 0.15) is 12.5 Å². The summed E-state index contributed by atoms with van der Waals surface area (Å²) in [6, 6.07) is 8.47. The number of carbonyl (C=O) groups excluding carboxylic acids is 1. The molecule has 1 heterocycles. The van der Waals surface area contributed by atoms with Gasteiger partial charge < -0.3 is 9.72 Å². The first kappa shape index (κ1) is 14.8. The van der Waals surface area contributed by atoms with Gasteiger partial charge in [-0.15, -0.1) is 0 Å². The van der Waals surface area contributed by atoms with Gasteiger partial charge in [0.1, 0.15) is 23.1 Å². The van der Waals surface area contributed by atoms with Crippen LogP contribution in [0.25, 0.3) is 11.3 Å². The maximum Gasteiger partial charge on any atom is 0.308 e. The van der Waals surface area contributed by atoms with Crippen molar-refractivity contribution in [3.05, 3.63) is 40.2 Å². The fourth-order valence-corrected chi connectivity index (χ4v) is 2.13. The number of H-pyrrole nitrogens is 1. The molecule has 0 atom stereocenters. The van der Waals surface area contributed by atoms with Crippen molar-refractivity contribution in [3.63, 3.8) is 0 Å². The van der Waals surface area contributed by atoms with E-state index < -0.39 is 11.5 Å². The SMILES string of the molecule is CSc1nc(-c2ccccc2OC(C)=O)c(C#N)c(=O)[nH]1. The highest BCUT2D eigenvalue weighted by Gasteiger charge is 2.17. The molecule has 7 heteroatoms. The van der Waals surface area contributed by atoms with Gasteiger partial charge in [0, 0.05) is 12.5 Å². The van der Waals surface area contributed by atoms with E-state index in [1.54, 1.807) is 30.5 Å². The zero-order chi connectivity index (χ0) is 15.4. The Bertz CT molecular complexity index is 793. The highest BCUT2D eigenvalue weighted by Crippen LogP contribution is 2.30. The van der Waals surface area contributed by atoms with Gasteiger partial charge in [-0.1, -0.05) is 23.9 Å². The Labute approximate surface area is 124 Å². The van der Waals surface area contributed by atoms with E-state index in [1.165, 1.54) is 18.7 Å². The van der Waals surface area contributed by atoms with E-state index in [2.05, 4.69) is 9.97 Å². The predicted molar refractivity (Wildman–Crippen MR) is 78.1 cm³/mol. The van der Waals surface area contributed by atoms with E-state index in [-0.39, 0.29) is 17.0 Å². The number of benzene rings is 1. The van der Waals surface area contributed by atoms with E-state index >= 15 is 0 Å². The monoisotopic (exact) mass is 301 g/mol. The highest BCUT2D eigenvalue weighted by atomic mass is 32.2. The van der Waals surface area contributed by atoms with Gasteiger partial charge in [0.25, 0.3) is 5.56 Å². The summed E-state index contributed by atoms with van der Waals surface area (Å²) in [7, 11) is 0. The molecule has 21 heavy (non-hydrogen) atoms. The molecule has 1 N–H and O–H groups in total. The summed E-state index contributed by atoms with van der Waals surface area (Å²) >= 11 is 1.25. The van der Waals surface area contributed by atoms with Gasteiger partial charge in [-0.05, 0) is 18.4 Å². The van der Waals surface area contributed by atoms with Crippen LogP contribution in [0.5, 0.6) is 5.75 Å². The standard InChI is InChI=1S/C14H11N3O3S/c1-8(18)20-11-6-4-3-5-9(11)12-10(7-15)13(19)17-14(16-12)21-2/h3-6H,1-2H3,(H,16,17,19). The Hall–Kier alpha value is -2.59. The zero-order valence-corrected chi connectivity index (χ0v) is 12.2. The molecule has 0 saturated carbocycles. The minimum Gasteiger partial charge on any atom is -0.426 e. The van der Waals surface area contributed by atoms with Gasteiger partial charge in [0.2, 0.25) is 0 Å². The molecule has 0 radical (unpaired) electrons. The molecule has 0 aliphatic heterocycles. The average molecular weight is 301 g/mol. The van der Waals surface area contributed by atoms with Gasteiger partial charge in [-0.25, -0.2) is 4.98 Å². The summed E-state index contributed by atoms with van der Waals surface area (Å²) in [4.78, 5) is 29.8. The summed E-state index contributed by atoms with van der Waals surface area (Å²) in [5.41, 5.74) is -0.0232. The van der Waals surface area contributed by atoms with Crippen LogP contribution in [0.3, 0.4) is 0 Å². The first-order valence-corrected chi connectivity index (χ1v) is 7.15. The molecule has 1 aromatic heterocycles. The second-order valence-electron chi connectivity index (χ2n) is 4.00. The van der Waals surface area contributed by atoms with Crippen molar-refractivity contribution in [2.45, 2.75) is 12.1 Å². The third-order valence-electron chi connectivity index (χ3n) is 2.60. The number of hydrogen-bond donors (Lipinski definition) is 1. The number of thioether (sulfide) groups is 1. The molecular formula is C14H11N3O3S. The lowest BCUT2D eigenvalue weighted by Gasteiger charge is -2.10. The van der Waals surface area contributed by atoms with Crippen molar-refractivity contribution in [3.8, 4) is 23.1 Å². The number of ether oxygens (including phenoxy) is 1. The maximum atomic E-state index is 11.9. The van der Waals surface area contributed by atoms with Gasteiger partial charge in [-0.3, -0.25) is 9.59 Å². The van der Waals surface area contributed by atoms with Crippen molar-refractivity contribution in [2.75, 3.05) is 6.26 Å². The molecule has 0 saturated heterocycles. The minimum absolute atomic E-state index is 0.118. The maximum absolute atomic E-state index is 11.9. The number of nitrogens with zero attached hydrogens (tertiary/aromatic N) is 2. The number of nitriles is 1. The highest BCUT2D eigenvalue weighted by molar-refractivity contribution is 7.98. The number of aromatic nitrogens is 2. The quantitative estimate of drug-likeness (QED) is 0.403. The fraction of sp³-hybridized carbons (Fsp3) is 0.143. The summed E-state index contributed by atoms with van der Waals surface area (Å²) in [6.07, 6.45) is 1.76. The Balaban J connectivity index is 2.72. The van der Waals surface area contributed by atoms with Crippen LogP contribution in [-0.4, -0.2) is 22.2 Å². The second kappa shape index (κ2) is 6.24. The molecule has 106 valence electrons. The van der Waals surface area contributed by atoms with Gasteiger partial charge in [-0.2, -0.15) is 5.26 Å². The van der Waals surface area contributed by atoms with Crippen LogP contribution in [0.15, 0.2) is 34.2 Å². The molecule has 0 amide bonds. The van der Waals surface area contributed by atoms with Crippen LogP contribution in [0.2, 0.25) is 0 Å². The zero-order valence-electron chi connectivity index (χ0n) is 11.3. The van der Waals surface area contributed by atoms with Gasteiger partial charge in [0.15, 0.2) is 5.16 Å². The number of nitrogens with one attached hydrogen (secondary N) is 1. The third-order valence-corrected chi connectivity index (χ3v) is 3.18. The Morgan fingerprint density at radius 2 is 2.14 bits per heavy atom. The largest absolute Gasteiger partial charge is 0.426 e. The summed E-state index contributed by atoms with van der Waals surface area (Å²) < 4.78 is 5.11. The van der Waals surface area contributed by atoms with Crippen LogP contribution in [0, 0.1) is 11.3 Å². The Kier molecular flexibility index (Phi) is 4.40. The molecule has 6 nitrogen and oxygen atoms in total. The minimum atomic E-state index is -0.524. The Morgan fingerprint density at radius 3 is 2.76 bits per heavy atom. The topological polar surface area (TPSA) is 95.8 Å². The lowest BCUT2D eigenvalue weighted by atomic mass is 10.1. The van der Waals surface area contributed by atoms with Crippen molar-refractivity contribution < 1.29 is 9.53 Å². The average Bonchev–Trinajstić information content (AvgIpc) is 2.46. The molecule has 0 aliphatic rings. The number of rotatable bonds is 3. The van der Waals surface area contributed by atoms with Gasteiger partial charge >= 0.3 is 5.97 Å². The number of para-hydroxylation sites is 1. The third kappa shape index (κ3) is 3.12. The van der Waals surface area contributed by atoms with Crippen LogP contribution in [-0.2, 0) is 4.79 Å². The van der Waals surface area contributed by atoms with E-state index in [0.29, 0.717) is 10.7 Å². The second-order valence-corrected chi connectivity index (χ2v) is 4.80. The first-order chi connectivity index (χ1) is 10.1.